The summed E-state index contributed by atoms with van der Waals surface area (Å²) in [5, 5.41) is 7.04. The standard InChI is InChI=1S/C24H30F2N6O2S/c1-23(2,3)35(34)28-14-15-5-6-17-18(13-15)30-21(29-17)20(16-7-10-24(25,26)11-8-16)31-22(33)19-9-12-27-32(19)4/h5-6,9,12-14,16,20H,7-8,10-11H2,1-4H3,(H,29,30)(H,31,33). The first-order valence-electron chi connectivity index (χ1n) is 11.6. The van der Waals surface area contributed by atoms with Crippen molar-refractivity contribution >= 4 is 34.5 Å². The fourth-order valence-electron chi connectivity index (χ4n) is 4.16. The summed E-state index contributed by atoms with van der Waals surface area (Å²) >= 11 is -1.38. The minimum atomic E-state index is -2.68. The zero-order chi connectivity index (χ0) is 25.4. The molecule has 0 saturated heterocycles. The number of imidazole rings is 1. The molecule has 1 saturated carbocycles. The van der Waals surface area contributed by atoms with Crippen LogP contribution in [0, 0.1) is 5.92 Å². The first kappa shape index (κ1) is 25.3. The van der Waals surface area contributed by atoms with Gasteiger partial charge in [-0.1, -0.05) is 10.5 Å². The van der Waals surface area contributed by atoms with Gasteiger partial charge < -0.3 is 14.9 Å². The van der Waals surface area contributed by atoms with Crippen LogP contribution >= 0.6 is 0 Å². The summed E-state index contributed by atoms with van der Waals surface area (Å²) in [6.45, 7) is 5.56. The number of nitrogens with zero attached hydrogens (tertiary/aromatic N) is 4. The average Bonchev–Trinajstić information content (AvgIpc) is 3.40. The Labute approximate surface area is 205 Å². The third-order valence-corrected chi connectivity index (χ3v) is 7.56. The van der Waals surface area contributed by atoms with Crippen molar-refractivity contribution in [1.29, 1.82) is 0 Å². The Balaban J connectivity index is 1.62. The number of halogens is 2. The molecule has 0 bridgehead atoms. The van der Waals surface area contributed by atoms with Gasteiger partial charge in [0, 0.05) is 26.1 Å². The summed E-state index contributed by atoms with van der Waals surface area (Å²) in [7, 11) is 1.67. The summed E-state index contributed by atoms with van der Waals surface area (Å²) in [5.41, 5.74) is 2.51. The summed E-state index contributed by atoms with van der Waals surface area (Å²) in [5.74, 6) is -2.70. The number of fused-ring (bicyclic) bond motifs is 1. The second-order valence-corrected chi connectivity index (χ2v) is 11.9. The largest absolute Gasteiger partial charge is 0.591 e. The van der Waals surface area contributed by atoms with Crippen LogP contribution in [-0.4, -0.2) is 47.1 Å². The Bertz CT molecular complexity index is 1220. The maximum Gasteiger partial charge on any atom is 0.270 e. The third kappa shape index (κ3) is 5.90. The van der Waals surface area contributed by atoms with Gasteiger partial charge in [0.15, 0.2) is 0 Å². The molecule has 0 radical (unpaired) electrons. The molecule has 1 aliphatic rings. The molecule has 1 fully saturated rings. The number of aromatic amines is 1. The summed E-state index contributed by atoms with van der Waals surface area (Å²) in [4.78, 5) is 20.9. The highest BCUT2D eigenvalue weighted by atomic mass is 32.2. The Morgan fingerprint density at radius 1 is 1.34 bits per heavy atom. The number of aryl methyl sites for hydroxylation is 1. The van der Waals surface area contributed by atoms with E-state index < -0.39 is 28.1 Å². The highest BCUT2D eigenvalue weighted by molar-refractivity contribution is 7.91. The van der Waals surface area contributed by atoms with E-state index >= 15 is 0 Å². The van der Waals surface area contributed by atoms with Crippen LogP contribution in [0.1, 0.15) is 74.4 Å². The second-order valence-electron chi connectivity index (χ2n) is 9.98. The SMILES string of the molecule is Cn1nccc1C(=O)NC(c1nc2ccc(C=N[S+]([O-])C(C)(C)C)cc2[nH]1)C1CCC(F)(F)CC1. The van der Waals surface area contributed by atoms with E-state index in [4.69, 9.17) is 0 Å². The smallest absolute Gasteiger partial charge is 0.270 e. The van der Waals surface area contributed by atoms with Crippen molar-refractivity contribution in [2.75, 3.05) is 0 Å². The van der Waals surface area contributed by atoms with E-state index in [0.717, 1.165) is 5.56 Å². The lowest BCUT2D eigenvalue weighted by atomic mass is 9.81. The number of hydrogen-bond donors (Lipinski definition) is 2. The summed E-state index contributed by atoms with van der Waals surface area (Å²) in [6.07, 6.45) is 3.20. The van der Waals surface area contributed by atoms with Crippen molar-refractivity contribution < 1.29 is 18.1 Å². The number of carbonyl (C=O) groups is 1. The average molecular weight is 505 g/mol. The van der Waals surface area contributed by atoms with Gasteiger partial charge in [-0.3, -0.25) is 9.48 Å². The van der Waals surface area contributed by atoms with Crippen molar-refractivity contribution in [3.8, 4) is 0 Å². The quantitative estimate of drug-likeness (QED) is 0.381. The van der Waals surface area contributed by atoms with Crippen LogP contribution in [0.4, 0.5) is 8.78 Å². The van der Waals surface area contributed by atoms with Crippen LogP contribution in [0.25, 0.3) is 11.0 Å². The molecule has 2 atom stereocenters. The van der Waals surface area contributed by atoms with Crippen LogP contribution in [0.3, 0.4) is 0 Å². The number of carbonyl (C=O) groups excluding carboxylic acids is 1. The molecule has 188 valence electrons. The van der Waals surface area contributed by atoms with E-state index in [0.29, 0.717) is 22.6 Å². The fourth-order valence-corrected chi connectivity index (χ4v) is 4.69. The maximum atomic E-state index is 13.8. The van der Waals surface area contributed by atoms with Crippen molar-refractivity contribution in [2.45, 2.75) is 63.2 Å². The number of aromatic nitrogens is 4. The van der Waals surface area contributed by atoms with Crippen LogP contribution in [0.15, 0.2) is 34.9 Å². The van der Waals surface area contributed by atoms with Crippen LogP contribution in [-0.2, 0) is 18.4 Å². The summed E-state index contributed by atoms with van der Waals surface area (Å²) in [6, 6.07) is 6.51. The monoisotopic (exact) mass is 504 g/mol. The molecule has 2 heterocycles. The number of nitrogens with one attached hydrogen (secondary N) is 2. The Kier molecular flexibility index (Phi) is 7.01. The molecular weight excluding hydrogens is 474 g/mol. The molecule has 4 rings (SSSR count). The van der Waals surface area contributed by atoms with Gasteiger partial charge in [-0.05, 0) is 63.3 Å². The van der Waals surface area contributed by atoms with Gasteiger partial charge in [-0.25, -0.2) is 13.8 Å². The molecule has 1 aromatic carbocycles. The molecule has 1 aliphatic carbocycles. The molecular formula is C24H30F2N6O2S. The Morgan fingerprint density at radius 2 is 2.06 bits per heavy atom. The van der Waals surface area contributed by atoms with Crippen molar-refractivity contribution in [3.63, 3.8) is 0 Å². The van der Waals surface area contributed by atoms with E-state index in [9.17, 15) is 18.1 Å². The minimum Gasteiger partial charge on any atom is -0.591 e. The van der Waals surface area contributed by atoms with E-state index in [1.165, 1.54) is 10.9 Å². The van der Waals surface area contributed by atoms with Gasteiger partial charge in [0.05, 0.1) is 23.3 Å². The normalized spacial score (nSPS) is 18.7. The van der Waals surface area contributed by atoms with Crippen LogP contribution in [0.5, 0.6) is 0 Å². The highest BCUT2D eigenvalue weighted by Crippen LogP contribution is 2.41. The van der Waals surface area contributed by atoms with E-state index in [1.807, 2.05) is 39.0 Å². The topological polar surface area (TPSA) is 111 Å². The van der Waals surface area contributed by atoms with E-state index in [1.54, 1.807) is 19.3 Å². The molecule has 8 nitrogen and oxygen atoms in total. The van der Waals surface area contributed by atoms with Crippen molar-refractivity contribution in [1.82, 2.24) is 25.1 Å². The molecule has 3 aromatic rings. The number of rotatable bonds is 6. The Hall–Kier alpha value is -2.79. The van der Waals surface area contributed by atoms with Gasteiger partial charge in [0.2, 0.25) is 5.92 Å². The maximum absolute atomic E-state index is 13.8. The zero-order valence-corrected chi connectivity index (χ0v) is 21.0. The molecule has 2 unspecified atom stereocenters. The third-order valence-electron chi connectivity index (χ3n) is 6.21. The van der Waals surface area contributed by atoms with Crippen LogP contribution in [0.2, 0.25) is 0 Å². The lowest BCUT2D eigenvalue weighted by Crippen LogP contribution is -2.38. The van der Waals surface area contributed by atoms with Gasteiger partial charge in [-0.2, -0.15) is 5.10 Å². The number of benzene rings is 1. The number of H-pyrrole nitrogens is 1. The lowest BCUT2D eigenvalue weighted by molar-refractivity contribution is -0.0496. The number of alkyl halides is 2. The van der Waals surface area contributed by atoms with E-state index in [2.05, 4.69) is 24.8 Å². The van der Waals surface area contributed by atoms with Crippen molar-refractivity contribution in [2.24, 2.45) is 17.4 Å². The molecule has 0 aliphatic heterocycles. The highest BCUT2D eigenvalue weighted by Gasteiger charge is 2.39. The zero-order valence-electron chi connectivity index (χ0n) is 20.2. The van der Waals surface area contributed by atoms with Crippen LogP contribution < -0.4 is 5.32 Å². The Morgan fingerprint density at radius 3 is 2.69 bits per heavy atom. The van der Waals surface area contributed by atoms with Gasteiger partial charge in [0.25, 0.3) is 5.91 Å². The van der Waals surface area contributed by atoms with Crippen molar-refractivity contribution in [3.05, 3.63) is 47.5 Å². The number of amides is 1. The minimum absolute atomic E-state index is 0.192. The second kappa shape index (κ2) is 9.69. The molecule has 0 spiro atoms. The lowest BCUT2D eigenvalue weighted by Gasteiger charge is -2.33. The van der Waals surface area contributed by atoms with E-state index in [-0.39, 0.29) is 37.5 Å². The number of hydrogen-bond acceptors (Lipinski definition) is 5. The summed E-state index contributed by atoms with van der Waals surface area (Å²) < 4.78 is 45.1. The molecule has 11 heteroatoms. The molecule has 1 amide bonds. The van der Waals surface area contributed by atoms with Gasteiger partial charge in [0.1, 0.15) is 27.6 Å². The first-order valence-corrected chi connectivity index (χ1v) is 12.7. The first-order chi connectivity index (χ1) is 16.4. The van der Waals surface area contributed by atoms with Gasteiger partial charge >= 0.3 is 0 Å². The molecule has 2 aromatic heterocycles. The van der Waals surface area contributed by atoms with Gasteiger partial charge in [-0.15, -0.1) is 0 Å². The fraction of sp³-hybridized carbons (Fsp3) is 0.500. The predicted molar refractivity (Wildman–Crippen MR) is 132 cm³/mol. The molecule has 2 N–H and O–H groups in total. The predicted octanol–water partition coefficient (Wildman–Crippen LogP) is 4.47. The molecule has 35 heavy (non-hydrogen) atoms.